The second-order valence-corrected chi connectivity index (χ2v) is 8.74. The lowest BCUT2D eigenvalue weighted by Crippen LogP contribution is -2.68. The zero-order chi connectivity index (χ0) is 24.6. The first-order valence-electron chi connectivity index (χ1n) is 10.8. The zero-order valence-corrected chi connectivity index (χ0v) is 17.8. The Morgan fingerprint density at radius 1 is 0.758 bits per heavy atom. The molecule has 0 aromatic rings. The minimum atomic E-state index is -2.11. The first-order chi connectivity index (χ1) is 15.5. The number of nitrogens with two attached hydrogens (primary N) is 4. The van der Waals surface area contributed by atoms with E-state index in [0.29, 0.717) is 0 Å². The Morgan fingerprint density at radius 3 is 1.79 bits per heavy atom. The molecule has 1 saturated carbocycles. The number of alkyl halides is 1. The number of hydrogen-bond acceptors (Lipinski definition) is 14. The monoisotopic (exact) mass is 486 g/mol. The van der Waals surface area contributed by atoms with Crippen LogP contribution < -0.4 is 22.9 Å². The number of aliphatic hydroxyl groups excluding tert-OH is 6. The van der Waals surface area contributed by atoms with Gasteiger partial charge in [0.05, 0.1) is 12.6 Å². The summed E-state index contributed by atoms with van der Waals surface area (Å²) in [7, 11) is 0. The molecule has 194 valence electrons. The van der Waals surface area contributed by atoms with Gasteiger partial charge in [0.15, 0.2) is 18.8 Å². The van der Waals surface area contributed by atoms with Gasteiger partial charge in [0, 0.05) is 18.6 Å². The molecule has 3 aliphatic rings. The van der Waals surface area contributed by atoms with E-state index in [1.807, 2.05) is 0 Å². The molecule has 0 amide bonds. The molecule has 2 heterocycles. The Kier molecular flexibility index (Phi) is 8.96. The average Bonchev–Trinajstić information content (AvgIpc) is 2.79. The van der Waals surface area contributed by atoms with E-state index in [2.05, 4.69) is 0 Å². The van der Waals surface area contributed by atoms with Crippen LogP contribution >= 0.6 is 0 Å². The molecule has 0 radical (unpaired) electrons. The summed E-state index contributed by atoms with van der Waals surface area (Å²) in [5, 5.41) is 60.5. The van der Waals surface area contributed by atoms with E-state index < -0.39 is 98.4 Å². The number of rotatable bonds is 6. The molecular weight excluding hydrogens is 451 g/mol. The average molecular weight is 486 g/mol. The molecule has 14 N–H and O–H groups in total. The third-order valence-corrected chi connectivity index (χ3v) is 6.43. The van der Waals surface area contributed by atoms with Crippen molar-refractivity contribution in [2.75, 3.05) is 13.2 Å². The minimum Gasteiger partial charge on any atom is -0.394 e. The summed E-state index contributed by atoms with van der Waals surface area (Å²) >= 11 is 0. The van der Waals surface area contributed by atoms with Crippen LogP contribution in [0.2, 0.25) is 0 Å². The molecule has 2 saturated heterocycles. The van der Waals surface area contributed by atoms with Crippen molar-refractivity contribution >= 4 is 0 Å². The zero-order valence-electron chi connectivity index (χ0n) is 17.8. The van der Waals surface area contributed by atoms with Gasteiger partial charge in [-0.2, -0.15) is 0 Å². The summed E-state index contributed by atoms with van der Waals surface area (Å²) in [6.45, 7) is -0.855. The number of aliphatic hydroxyl groups is 6. The topological polar surface area (TPSA) is 262 Å². The van der Waals surface area contributed by atoms with Crippen molar-refractivity contribution in [2.24, 2.45) is 22.9 Å². The van der Waals surface area contributed by atoms with Crippen molar-refractivity contribution in [3.63, 3.8) is 0 Å². The Bertz CT molecular complexity index is 589. The van der Waals surface area contributed by atoms with Gasteiger partial charge in [0.2, 0.25) is 0 Å². The molecule has 3 fully saturated rings. The molecule has 0 aromatic carbocycles. The first-order valence-corrected chi connectivity index (χ1v) is 10.8. The first kappa shape index (κ1) is 27.0. The Balaban J connectivity index is 1.72. The quantitative estimate of drug-likeness (QED) is 0.167. The van der Waals surface area contributed by atoms with Gasteiger partial charge in [-0.05, 0) is 6.42 Å². The smallest absolute Gasteiger partial charge is 0.187 e. The molecule has 15 unspecified atom stereocenters. The highest BCUT2D eigenvalue weighted by atomic mass is 19.1. The predicted molar refractivity (Wildman–Crippen MR) is 107 cm³/mol. The third-order valence-electron chi connectivity index (χ3n) is 6.43. The van der Waals surface area contributed by atoms with E-state index >= 15 is 0 Å². The molecule has 2 aliphatic heterocycles. The van der Waals surface area contributed by atoms with Crippen LogP contribution in [0.25, 0.3) is 0 Å². The maximum atomic E-state index is 14.3. The second kappa shape index (κ2) is 11.0. The van der Waals surface area contributed by atoms with Crippen molar-refractivity contribution in [1.82, 2.24) is 0 Å². The van der Waals surface area contributed by atoms with Gasteiger partial charge in [0.25, 0.3) is 0 Å². The van der Waals surface area contributed by atoms with Crippen LogP contribution in [-0.4, -0.2) is 136 Å². The van der Waals surface area contributed by atoms with Crippen LogP contribution in [-0.2, 0) is 18.9 Å². The molecule has 0 spiro atoms. The molecule has 0 aromatic heterocycles. The van der Waals surface area contributed by atoms with Gasteiger partial charge in [-0.1, -0.05) is 0 Å². The summed E-state index contributed by atoms with van der Waals surface area (Å²) in [4.78, 5) is 0. The third kappa shape index (κ3) is 5.31. The lowest BCUT2D eigenvalue weighted by molar-refractivity contribution is -0.327. The van der Waals surface area contributed by atoms with Crippen molar-refractivity contribution in [3.05, 3.63) is 0 Å². The molecule has 1 aliphatic carbocycles. The molecule has 14 nitrogen and oxygen atoms in total. The van der Waals surface area contributed by atoms with Crippen LogP contribution in [0.1, 0.15) is 6.42 Å². The summed E-state index contributed by atoms with van der Waals surface area (Å²) in [5.74, 6) is 0. The fourth-order valence-corrected chi connectivity index (χ4v) is 4.37. The largest absolute Gasteiger partial charge is 0.394 e. The van der Waals surface area contributed by atoms with Crippen molar-refractivity contribution in [2.45, 2.75) is 98.2 Å². The Labute approximate surface area is 189 Å². The summed E-state index contributed by atoms with van der Waals surface area (Å²) < 4.78 is 36.3. The maximum absolute atomic E-state index is 14.3. The molecule has 33 heavy (non-hydrogen) atoms. The van der Waals surface area contributed by atoms with E-state index in [1.54, 1.807) is 0 Å². The van der Waals surface area contributed by atoms with Crippen molar-refractivity contribution < 1.29 is 54.0 Å². The van der Waals surface area contributed by atoms with Gasteiger partial charge in [-0.25, -0.2) is 4.39 Å². The highest BCUT2D eigenvalue weighted by Gasteiger charge is 2.51. The van der Waals surface area contributed by atoms with Crippen LogP contribution in [0.5, 0.6) is 0 Å². The van der Waals surface area contributed by atoms with Gasteiger partial charge < -0.3 is 72.5 Å². The highest BCUT2D eigenvalue weighted by molar-refractivity contribution is 5.01. The van der Waals surface area contributed by atoms with Crippen LogP contribution in [0.3, 0.4) is 0 Å². The number of ether oxygens (including phenoxy) is 4. The van der Waals surface area contributed by atoms with E-state index in [1.165, 1.54) is 0 Å². The number of halogens is 1. The fraction of sp³-hybridized carbons (Fsp3) is 1.00. The summed E-state index contributed by atoms with van der Waals surface area (Å²) in [5.41, 5.74) is 23.4. The van der Waals surface area contributed by atoms with Crippen LogP contribution in [0, 0.1) is 0 Å². The normalized spacial score (nSPS) is 53.7. The van der Waals surface area contributed by atoms with Gasteiger partial charge in [-0.15, -0.1) is 0 Å². The van der Waals surface area contributed by atoms with E-state index in [-0.39, 0.29) is 13.0 Å². The Hall–Kier alpha value is -0.630. The van der Waals surface area contributed by atoms with E-state index in [0.717, 1.165) is 0 Å². The Morgan fingerprint density at radius 2 is 1.27 bits per heavy atom. The second-order valence-electron chi connectivity index (χ2n) is 8.74. The van der Waals surface area contributed by atoms with E-state index in [9.17, 15) is 35.0 Å². The summed E-state index contributed by atoms with van der Waals surface area (Å²) in [6.07, 6.45) is -17.9. The molecule has 15 atom stereocenters. The predicted octanol–water partition coefficient (Wildman–Crippen LogP) is -6.31. The lowest BCUT2D eigenvalue weighted by Gasteiger charge is -2.48. The number of hydrogen-bond donors (Lipinski definition) is 10. The molecule has 3 rings (SSSR count). The van der Waals surface area contributed by atoms with Crippen molar-refractivity contribution in [1.29, 1.82) is 0 Å². The SMILES string of the molecule is NCC1OC(OC2C(N)CC(N)C(OC3OC(CO)C(O)C(N)C3O)C2O)C(O)C(F)C1O. The van der Waals surface area contributed by atoms with Gasteiger partial charge in [-0.3, -0.25) is 0 Å². The molecule has 15 heteroatoms. The van der Waals surface area contributed by atoms with Crippen LogP contribution in [0.4, 0.5) is 4.39 Å². The standard InChI is InChI=1S/C18H35FN4O10/c19-8-10(25)6(2-20)30-17(12(8)27)32-15-4(21)1-5(22)16(14(15)29)33-18-13(28)9(23)11(26)7(3-24)31-18/h4-18,24-29H,1-3,20-23H2. The molecule has 0 bridgehead atoms. The van der Waals surface area contributed by atoms with Gasteiger partial charge in [0.1, 0.15) is 54.9 Å². The van der Waals surface area contributed by atoms with Crippen LogP contribution in [0.15, 0.2) is 0 Å². The molecular formula is C18H35FN4O10. The summed E-state index contributed by atoms with van der Waals surface area (Å²) in [6, 6.07) is -2.94. The highest BCUT2D eigenvalue weighted by Crippen LogP contribution is 2.31. The fourth-order valence-electron chi connectivity index (χ4n) is 4.37. The maximum Gasteiger partial charge on any atom is 0.187 e. The lowest BCUT2D eigenvalue weighted by atomic mass is 9.84. The van der Waals surface area contributed by atoms with E-state index in [4.69, 9.17) is 41.9 Å². The van der Waals surface area contributed by atoms with Gasteiger partial charge >= 0.3 is 0 Å². The minimum absolute atomic E-state index is 0.0537. The van der Waals surface area contributed by atoms with Crippen molar-refractivity contribution in [3.8, 4) is 0 Å².